The lowest BCUT2D eigenvalue weighted by atomic mass is 10.7. The number of nitrogens with one attached hydrogen (secondary N) is 1. The van der Waals surface area contributed by atoms with Gasteiger partial charge in [0, 0.05) is 12.3 Å². The molecule has 0 saturated heterocycles. The van der Waals surface area contributed by atoms with Crippen molar-refractivity contribution in [2.75, 3.05) is 0 Å². The molecule has 3 nitrogen and oxygen atoms in total. The highest BCUT2D eigenvalue weighted by Crippen LogP contribution is 1.86. The third-order valence-corrected chi connectivity index (χ3v) is 1.19. The maximum Gasteiger partial charge on any atom is 0.251 e. The lowest BCUT2D eigenvalue weighted by Crippen LogP contribution is -2.05. The Bertz CT molecular complexity index is 231. The molecule has 0 amide bonds. The molecule has 1 heterocycles. The summed E-state index contributed by atoms with van der Waals surface area (Å²) in [6.07, 6.45) is 1.47. The Labute approximate surface area is 59.3 Å². The van der Waals surface area contributed by atoms with Gasteiger partial charge in [-0.3, -0.25) is 4.79 Å². The molecule has 1 aromatic heterocycles. The third-order valence-electron chi connectivity index (χ3n) is 0.640. The van der Waals surface area contributed by atoms with Gasteiger partial charge in [-0.2, -0.15) is 0 Å². The summed E-state index contributed by atoms with van der Waals surface area (Å²) in [5.41, 5.74) is -0.107. The first kappa shape index (κ1) is 5.74. The van der Waals surface area contributed by atoms with Gasteiger partial charge in [0.2, 0.25) is 0 Å². The van der Waals surface area contributed by atoms with Crippen LogP contribution in [0.3, 0.4) is 0 Å². The Morgan fingerprint density at radius 3 is 2.88 bits per heavy atom. The molecule has 0 spiro atoms. The van der Waals surface area contributed by atoms with Crippen LogP contribution in [-0.4, -0.2) is 9.97 Å². The topological polar surface area (TPSA) is 45.8 Å². The van der Waals surface area contributed by atoms with E-state index in [1.165, 1.54) is 12.3 Å². The van der Waals surface area contributed by atoms with E-state index in [9.17, 15) is 4.79 Å². The second-order valence-corrected chi connectivity index (χ2v) is 2.25. The Hall–Kier alpha value is -0.390. The van der Waals surface area contributed by atoms with Gasteiger partial charge in [0.05, 0.1) is 0 Å². The minimum Gasteiger partial charge on any atom is -0.302 e. The van der Waals surface area contributed by atoms with Crippen LogP contribution in [0.15, 0.2) is 17.1 Å². The first-order chi connectivity index (χ1) is 3.79. The highest BCUT2D eigenvalue weighted by atomic mass is 127. The smallest absolute Gasteiger partial charge is 0.251 e. The van der Waals surface area contributed by atoms with Crippen LogP contribution in [0, 0.1) is 3.83 Å². The van der Waals surface area contributed by atoms with Crippen molar-refractivity contribution in [3.63, 3.8) is 0 Å². The Balaban J connectivity index is 3.28. The molecule has 1 aromatic rings. The van der Waals surface area contributed by atoms with Crippen LogP contribution in [0.4, 0.5) is 0 Å². The quantitative estimate of drug-likeness (QED) is 0.509. The summed E-state index contributed by atoms with van der Waals surface area (Å²) in [7, 11) is 0. The Kier molecular flexibility index (Phi) is 1.62. The molecule has 0 aliphatic heterocycles. The van der Waals surface area contributed by atoms with E-state index in [4.69, 9.17) is 0 Å². The van der Waals surface area contributed by atoms with Crippen LogP contribution in [0.5, 0.6) is 0 Å². The summed E-state index contributed by atoms with van der Waals surface area (Å²) in [6.45, 7) is 0. The lowest BCUT2D eigenvalue weighted by molar-refractivity contribution is 1.06. The van der Waals surface area contributed by atoms with Gasteiger partial charge >= 0.3 is 0 Å². The number of H-pyrrole nitrogens is 1. The minimum absolute atomic E-state index is 0.107. The average Bonchev–Trinajstić information content (AvgIpc) is 1.64. The number of hydrogen-bond donors (Lipinski definition) is 1. The molecular formula is C4H3IN2O. The van der Waals surface area contributed by atoms with Crippen molar-refractivity contribution in [2.45, 2.75) is 0 Å². The zero-order chi connectivity index (χ0) is 5.98. The van der Waals surface area contributed by atoms with Crippen LogP contribution in [0.2, 0.25) is 0 Å². The highest BCUT2D eigenvalue weighted by molar-refractivity contribution is 14.1. The molecule has 0 bridgehead atoms. The van der Waals surface area contributed by atoms with Gasteiger partial charge in [0.15, 0.2) is 3.83 Å². The average molecular weight is 222 g/mol. The first-order valence-corrected chi connectivity index (χ1v) is 3.08. The summed E-state index contributed by atoms with van der Waals surface area (Å²) in [4.78, 5) is 16.7. The fraction of sp³-hybridized carbons (Fsp3) is 0. The number of aromatic nitrogens is 2. The van der Waals surface area contributed by atoms with Crippen molar-refractivity contribution < 1.29 is 0 Å². The van der Waals surface area contributed by atoms with Crippen molar-refractivity contribution in [3.05, 3.63) is 26.4 Å². The van der Waals surface area contributed by atoms with Crippen LogP contribution < -0.4 is 5.56 Å². The number of hydrogen-bond acceptors (Lipinski definition) is 2. The van der Waals surface area contributed by atoms with Crippen molar-refractivity contribution in [1.29, 1.82) is 0 Å². The van der Waals surface area contributed by atoms with Crippen molar-refractivity contribution >= 4 is 22.6 Å². The summed E-state index contributed by atoms with van der Waals surface area (Å²) in [5, 5.41) is 0. The van der Waals surface area contributed by atoms with Gasteiger partial charge in [-0.25, -0.2) is 4.98 Å². The molecule has 0 unspecified atom stereocenters. The van der Waals surface area contributed by atoms with Gasteiger partial charge in [0.25, 0.3) is 5.56 Å². The maximum absolute atomic E-state index is 10.4. The zero-order valence-corrected chi connectivity index (χ0v) is 6.05. The van der Waals surface area contributed by atoms with Gasteiger partial charge in [0.1, 0.15) is 0 Å². The highest BCUT2D eigenvalue weighted by Gasteiger charge is 1.82. The number of aromatic amines is 1. The fourth-order valence-corrected chi connectivity index (χ4v) is 0.773. The van der Waals surface area contributed by atoms with Crippen LogP contribution >= 0.6 is 22.6 Å². The molecule has 8 heavy (non-hydrogen) atoms. The van der Waals surface area contributed by atoms with Gasteiger partial charge in [-0.1, -0.05) is 0 Å². The number of halogens is 1. The van der Waals surface area contributed by atoms with Gasteiger partial charge in [-0.05, 0) is 22.6 Å². The molecule has 0 aliphatic carbocycles. The van der Waals surface area contributed by atoms with Crippen molar-refractivity contribution in [1.82, 2.24) is 9.97 Å². The molecule has 0 aliphatic rings. The molecule has 0 radical (unpaired) electrons. The first-order valence-electron chi connectivity index (χ1n) is 2.00. The molecule has 0 fully saturated rings. The van der Waals surface area contributed by atoms with Crippen LogP contribution in [0.1, 0.15) is 0 Å². The zero-order valence-electron chi connectivity index (χ0n) is 3.89. The maximum atomic E-state index is 10.4. The van der Waals surface area contributed by atoms with E-state index in [0.29, 0.717) is 3.83 Å². The lowest BCUT2D eigenvalue weighted by Gasteiger charge is -1.82. The molecular weight excluding hydrogens is 219 g/mol. The number of rotatable bonds is 0. The van der Waals surface area contributed by atoms with E-state index >= 15 is 0 Å². The normalized spacial score (nSPS) is 9.12. The molecule has 4 heteroatoms. The molecule has 0 saturated carbocycles. The SMILES string of the molecule is O=c1ccnc(I)[nH]1. The second kappa shape index (κ2) is 2.25. The van der Waals surface area contributed by atoms with E-state index in [2.05, 4.69) is 9.97 Å². The fourth-order valence-electron chi connectivity index (χ4n) is 0.346. The standard InChI is InChI=1S/C4H3IN2O/c5-4-6-2-1-3(8)7-4/h1-2H,(H,6,7,8). The third kappa shape index (κ3) is 1.29. The molecule has 0 atom stereocenters. The van der Waals surface area contributed by atoms with Crippen LogP contribution in [0.25, 0.3) is 0 Å². The van der Waals surface area contributed by atoms with E-state index in [1.54, 1.807) is 0 Å². The molecule has 0 aromatic carbocycles. The Morgan fingerprint density at radius 1 is 1.75 bits per heavy atom. The van der Waals surface area contributed by atoms with Gasteiger partial charge in [-0.15, -0.1) is 0 Å². The van der Waals surface area contributed by atoms with E-state index in [1.807, 2.05) is 22.6 Å². The molecule has 1 N–H and O–H groups in total. The minimum atomic E-state index is -0.107. The van der Waals surface area contributed by atoms with Crippen LogP contribution in [-0.2, 0) is 0 Å². The number of nitrogens with zero attached hydrogens (tertiary/aromatic N) is 1. The molecule has 42 valence electrons. The predicted molar refractivity (Wildman–Crippen MR) is 37.6 cm³/mol. The van der Waals surface area contributed by atoms with Crippen molar-refractivity contribution in [2.24, 2.45) is 0 Å². The van der Waals surface area contributed by atoms with Gasteiger partial charge < -0.3 is 4.98 Å². The van der Waals surface area contributed by atoms with Crippen molar-refractivity contribution in [3.8, 4) is 0 Å². The summed E-state index contributed by atoms with van der Waals surface area (Å²) in [5.74, 6) is 0. The Morgan fingerprint density at radius 2 is 2.50 bits per heavy atom. The van der Waals surface area contributed by atoms with E-state index in [0.717, 1.165) is 0 Å². The molecule has 1 rings (SSSR count). The monoisotopic (exact) mass is 222 g/mol. The predicted octanol–water partition coefficient (Wildman–Crippen LogP) is 0.375. The summed E-state index contributed by atoms with van der Waals surface area (Å²) >= 11 is 1.94. The van der Waals surface area contributed by atoms with E-state index in [-0.39, 0.29) is 5.56 Å². The largest absolute Gasteiger partial charge is 0.302 e. The summed E-state index contributed by atoms with van der Waals surface area (Å²) in [6, 6.07) is 1.38. The summed E-state index contributed by atoms with van der Waals surface area (Å²) < 4.78 is 0.620. The second-order valence-electron chi connectivity index (χ2n) is 1.22. The van der Waals surface area contributed by atoms with E-state index < -0.39 is 0 Å².